The van der Waals surface area contributed by atoms with Crippen LogP contribution in [-0.2, 0) is 6.42 Å². The van der Waals surface area contributed by atoms with Crippen molar-refractivity contribution < 1.29 is 4.79 Å². The molecule has 6 heteroatoms. The van der Waals surface area contributed by atoms with Gasteiger partial charge in [0.25, 0.3) is 5.91 Å². The quantitative estimate of drug-likeness (QED) is 0.556. The van der Waals surface area contributed by atoms with E-state index >= 15 is 0 Å². The van der Waals surface area contributed by atoms with E-state index in [9.17, 15) is 4.79 Å². The van der Waals surface area contributed by atoms with Crippen molar-refractivity contribution in [1.29, 1.82) is 0 Å². The van der Waals surface area contributed by atoms with E-state index in [1.54, 1.807) is 31.4 Å². The van der Waals surface area contributed by atoms with Crippen LogP contribution in [0.5, 0.6) is 0 Å². The summed E-state index contributed by atoms with van der Waals surface area (Å²) in [5.74, 6) is -0.188. The van der Waals surface area contributed by atoms with Gasteiger partial charge in [-0.05, 0) is 54.6 Å². The predicted molar refractivity (Wildman–Crippen MR) is 112 cm³/mol. The molecule has 3 rings (SSSR count). The molecule has 0 aliphatic heterocycles. The summed E-state index contributed by atoms with van der Waals surface area (Å²) >= 11 is 5.98. The van der Waals surface area contributed by atoms with Crippen LogP contribution in [0.3, 0.4) is 0 Å². The van der Waals surface area contributed by atoms with Gasteiger partial charge in [-0.25, -0.2) is 0 Å². The number of amides is 1. The van der Waals surface area contributed by atoms with Crippen LogP contribution in [0.15, 0.2) is 66.9 Å². The molecular formula is C21H21ClN4O. The molecule has 0 radical (unpaired) electrons. The molecular weight excluding hydrogens is 360 g/mol. The van der Waals surface area contributed by atoms with Gasteiger partial charge in [-0.15, -0.1) is 0 Å². The Balaban J connectivity index is 1.56. The Morgan fingerprint density at radius 1 is 1.04 bits per heavy atom. The molecule has 0 fully saturated rings. The summed E-state index contributed by atoms with van der Waals surface area (Å²) in [4.78, 5) is 16.8. The summed E-state index contributed by atoms with van der Waals surface area (Å²) in [5, 5.41) is 9.82. The highest BCUT2D eigenvalue weighted by molar-refractivity contribution is 6.31. The van der Waals surface area contributed by atoms with Crippen molar-refractivity contribution in [2.75, 3.05) is 29.5 Å². The molecule has 27 heavy (non-hydrogen) atoms. The van der Waals surface area contributed by atoms with Gasteiger partial charge >= 0.3 is 0 Å². The molecule has 3 aromatic rings. The number of carbonyl (C=O) groups excluding carboxylic acids is 1. The summed E-state index contributed by atoms with van der Waals surface area (Å²) in [7, 11) is 1.76. The molecule has 0 aliphatic rings. The number of pyridine rings is 1. The number of nitrogens with one attached hydrogen (secondary N) is 3. The maximum atomic E-state index is 12.5. The summed E-state index contributed by atoms with van der Waals surface area (Å²) < 4.78 is 0. The van der Waals surface area contributed by atoms with E-state index in [0.717, 1.165) is 30.0 Å². The smallest absolute Gasteiger partial charge is 0.257 e. The molecule has 0 atom stereocenters. The third-order valence-electron chi connectivity index (χ3n) is 4.07. The lowest BCUT2D eigenvalue weighted by molar-refractivity contribution is 0.102. The van der Waals surface area contributed by atoms with Crippen molar-refractivity contribution in [3.63, 3.8) is 0 Å². The van der Waals surface area contributed by atoms with Crippen LogP contribution in [0.4, 0.5) is 17.1 Å². The van der Waals surface area contributed by atoms with Crippen molar-refractivity contribution in [1.82, 2.24) is 4.98 Å². The van der Waals surface area contributed by atoms with E-state index in [0.29, 0.717) is 16.3 Å². The second-order valence-electron chi connectivity index (χ2n) is 5.97. The number of carbonyl (C=O) groups is 1. The highest BCUT2D eigenvalue weighted by Crippen LogP contribution is 2.22. The van der Waals surface area contributed by atoms with Gasteiger partial charge in [0, 0.05) is 54.0 Å². The van der Waals surface area contributed by atoms with Crippen molar-refractivity contribution in [2.45, 2.75) is 6.42 Å². The number of nitrogens with zero attached hydrogens (tertiary/aromatic N) is 1. The number of rotatable bonds is 7. The highest BCUT2D eigenvalue weighted by Gasteiger charge is 2.11. The summed E-state index contributed by atoms with van der Waals surface area (Å²) in [5.41, 5.74) is 4.00. The molecule has 0 saturated heterocycles. The molecule has 2 aromatic carbocycles. The molecule has 1 heterocycles. The van der Waals surface area contributed by atoms with E-state index in [-0.39, 0.29) is 5.91 Å². The topological polar surface area (TPSA) is 66.1 Å². The Morgan fingerprint density at radius 3 is 2.52 bits per heavy atom. The van der Waals surface area contributed by atoms with Gasteiger partial charge < -0.3 is 16.0 Å². The predicted octanol–water partition coefficient (Wildman–Crippen LogP) is 4.68. The lowest BCUT2D eigenvalue weighted by Gasteiger charge is -2.11. The van der Waals surface area contributed by atoms with Crippen molar-refractivity contribution in [3.05, 3.63) is 83.1 Å². The molecule has 0 unspecified atom stereocenters. The SMILES string of the molecule is CNc1cc(Cl)ccc1C(=O)Nc1ccc(NCCc2ccccn2)cc1. The lowest BCUT2D eigenvalue weighted by atomic mass is 10.1. The fourth-order valence-electron chi connectivity index (χ4n) is 2.67. The molecule has 0 saturated carbocycles. The second-order valence-corrected chi connectivity index (χ2v) is 6.41. The van der Waals surface area contributed by atoms with Gasteiger partial charge in [-0.2, -0.15) is 0 Å². The minimum atomic E-state index is -0.188. The standard InChI is InChI=1S/C21H21ClN4O/c1-23-20-14-15(22)5-10-19(20)21(27)26-18-8-6-17(7-9-18)25-13-11-16-4-2-3-12-24-16/h2-10,12,14,23,25H,11,13H2,1H3,(H,26,27). The molecule has 1 amide bonds. The zero-order valence-corrected chi connectivity index (χ0v) is 15.8. The lowest BCUT2D eigenvalue weighted by Crippen LogP contribution is -2.14. The fraction of sp³-hybridized carbons (Fsp3) is 0.143. The fourth-order valence-corrected chi connectivity index (χ4v) is 2.84. The Bertz CT molecular complexity index is 898. The van der Waals surface area contributed by atoms with Crippen LogP contribution in [-0.4, -0.2) is 24.5 Å². The average molecular weight is 381 g/mol. The summed E-state index contributed by atoms with van der Waals surface area (Å²) in [6, 6.07) is 18.7. The van der Waals surface area contributed by atoms with E-state index in [2.05, 4.69) is 20.9 Å². The van der Waals surface area contributed by atoms with Crippen molar-refractivity contribution >= 4 is 34.6 Å². The third-order valence-corrected chi connectivity index (χ3v) is 4.31. The zero-order valence-electron chi connectivity index (χ0n) is 15.0. The van der Waals surface area contributed by atoms with Crippen LogP contribution in [0, 0.1) is 0 Å². The largest absolute Gasteiger partial charge is 0.387 e. The molecule has 5 nitrogen and oxygen atoms in total. The average Bonchev–Trinajstić information content (AvgIpc) is 2.70. The number of anilines is 3. The normalized spacial score (nSPS) is 10.3. The molecule has 138 valence electrons. The first-order valence-electron chi connectivity index (χ1n) is 8.68. The summed E-state index contributed by atoms with van der Waals surface area (Å²) in [6.45, 7) is 0.791. The van der Waals surface area contributed by atoms with Crippen LogP contribution < -0.4 is 16.0 Å². The van der Waals surface area contributed by atoms with Crippen molar-refractivity contribution in [2.24, 2.45) is 0 Å². The number of hydrogen-bond donors (Lipinski definition) is 3. The first kappa shape index (κ1) is 18.7. The van der Waals surface area contributed by atoms with E-state index < -0.39 is 0 Å². The van der Waals surface area contributed by atoms with Gasteiger partial charge in [0.1, 0.15) is 0 Å². The van der Waals surface area contributed by atoms with Crippen LogP contribution in [0.1, 0.15) is 16.1 Å². The number of hydrogen-bond acceptors (Lipinski definition) is 4. The van der Waals surface area contributed by atoms with E-state index in [1.165, 1.54) is 0 Å². The monoisotopic (exact) mass is 380 g/mol. The number of aromatic nitrogens is 1. The Hall–Kier alpha value is -3.05. The Morgan fingerprint density at radius 2 is 1.81 bits per heavy atom. The van der Waals surface area contributed by atoms with Crippen LogP contribution in [0.2, 0.25) is 5.02 Å². The summed E-state index contributed by atoms with van der Waals surface area (Å²) in [6.07, 6.45) is 2.65. The maximum Gasteiger partial charge on any atom is 0.257 e. The van der Waals surface area contributed by atoms with Crippen molar-refractivity contribution in [3.8, 4) is 0 Å². The van der Waals surface area contributed by atoms with Gasteiger partial charge in [-0.1, -0.05) is 17.7 Å². The van der Waals surface area contributed by atoms with Crippen LogP contribution in [0.25, 0.3) is 0 Å². The number of halogens is 1. The minimum Gasteiger partial charge on any atom is -0.387 e. The molecule has 3 N–H and O–H groups in total. The third kappa shape index (κ3) is 5.21. The van der Waals surface area contributed by atoms with Gasteiger partial charge in [0.05, 0.1) is 5.56 Å². The first-order chi connectivity index (χ1) is 13.2. The van der Waals surface area contributed by atoms with Gasteiger partial charge in [0.2, 0.25) is 0 Å². The second kappa shape index (κ2) is 9.05. The zero-order chi connectivity index (χ0) is 19.1. The highest BCUT2D eigenvalue weighted by atomic mass is 35.5. The van der Waals surface area contributed by atoms with Crippen LogP contribution >= 0.6 is 11.6 Å². The van der Waals surface area contributed by atoms with E-state index in [1.807, 2.05) is 42.5 Å². The van der Waals surface area contributed by atoms with E-state index in [4.69, 9.17) is 11.6 Å². The van der Waals surface area contributed by atoms with Gasteiger partial charge in [-0.3, -0.25) is 9.78 Å². The Kier molecular flexibility index (Phi) is 6.28. The molecule has 0 aliphatic carbocycles. The Labute approximate surface area is 163 Å². The molecule has 1 aromatic heterocycles. The van der Waals surface area contributed by atoms with Gasteiger partial charge in [0.15, 0.2) is 0 Å². The minimum absolute atomic E-state index is 0.188. The first-order valence-corrected chi connectivity index (χ1v) is 9.06. The number of benzene rings is 2. The molecule has 0 spiro atoms. The molecule has 0 bridgehead atoms. The maximum absolute atomic E-state index is 12.5.